The quantitative estimate of drug-likeness (QED) is 0.557. The summed E-state index contributed by atoms with van der Waals surface area (Å²) in [6.07, 6.45) is 5.44. The number of piperidine rings is 1. The van der Waals surface area contributed by atoms with Crippen LogP contribution in [0.15, 0.2) is 42.5 Å². The van der Waals surface area contributed by atoms with E-state index in [1.54, 1.807) is 6.07 Å². The molecule has 7 rings (SSSR count). The van der Waals surface area contributed by atoms with Crippen molar-refractivity contribution in [3.63, 3.8) is 0 Å². The topological polar surface area (TPSA) is 80.4 Å². The van der Waals surface area contributed by atoms with E-state index in [1.165, 1.54) is 23.3 Å². The van der Waals surface area contributed by atoms with E-state index >= 15 is 0 Å². The molecule has 6 heteroatoms. The van der Waals surface area contributed by atoms with E-state index < -0.39 is 23.2 Å². The van der Waals surface area contributed by atoms with Crippen LogP contribution in [0.1, 0.15) is 55.2 Å². The Balaban J connectivity index is 1.20. The zero-order valence-corrected chi connectivity index (χ0v) is 20.0. The molecule has 2 heterocycles. The molecule has 0 amide bonds. The van der Waals surface area contributed by atoms with Crippen molar-refractivity contribution in [2.24, 2.45) is 5.92 Å². The minimum atomic E-state index is -0.918. The molecule has 3 aliphatic carbocycles. The Morgan fingerprint density at radius 2 is 1.94 bits per heavy atom. The van der Waals surface area contributed by atoms with Gasteiger partial charge in [0, 0.05) is 30.7 Å². The van der Waals surface area contributed by atoms with Crippen LogP contribution in [0, 0.1) is 5.92 Å². The molecular formula is C29H34NO5+. The number of likely N-dealkylation sites (tertiary alicyclic amines) is 1. The highest BCUT2D eigenvalue weighted by atomic mass is 16.6. The van der Waals surface area contributed by atoms with Crippen molar-refractivity contribution < 1.29 is 29.4 Å². The standard InChI is InChI=1S/C29H33NO5/c31-21-10-9-20-16-23-29(33)13-12-22(34-24(32)11-8-18-4-2-1-3-5-18)27-28(29,25(20)26(21)35-27)14-15-30(23)17-19-6-7-19/h1-5,9-10,19,22-23,27,31,33H,6-8,11-17H2/p+1/t22-,23+,27-,28-,29+/m0/s1. The van der Waals surface area contributed by atoms with Gasteiger partial charge in [-0.3, -0.25) is 4.79 Å². The number of hydrogen-bond acceptors (Lipinski definition) is 5. The largest absolute Gasteiger partial charge is 0.504 e. The first-order valence-electron chi connectivity index (χ1n) is 13.3. The zero-order valence-electron chi connectivity index (χ0n) is 20.0. The van der Waals surface area contributed by atoms with Gasteiger partial charge in [0.05, 0.1) is 18.5 Å². The predicted molar refractivity (Wildman–Crippen MR) is 129 cm³/mol. The van der Waals surface area contributed by atoms with E-state index in [2.05, 4.69) is 0 Å². The fraction of sp³-hybridized carbons (Fsp3) is 0.552. The number of phenols is 1. The van der Waals surface area contributed by atoms with Crippen molar-refractivity contribution in [3.05, 3.63) is 59.2 Å². The lowest BCUT2D eigenvalue weighted by Gasteiger charge is -2.61. The summed E-state index contributed by atoms with van der Waals surface area (Å²) in [5.74, 6) is 1.18. The van der Waals surface area contributed by atoms with Crippen molar-refractivity contribution in [1.29, 1.82) is 0 Å². The summed E-state index contributed by atoms with van der Waals surface area (Å²) >= 11 is 0. The Labute approximate surface area is 205 Å². The molecule has 5 aliphatic rings. The summed E-state index contributed by atoms with van der Waals surface area (Å²) in [5.41, 5.74) is 1.73. The van der Waals surface area contributed by atoms with Crippen LogP contribution in [0.2, 0.25) is 0 Å². The van der Waals surface area contributed by atoms with Gasteiger partial charge in [-0.1, -0.05) is 36.4 Å². The number of nitrogens with one attached hydrogen (secondary N) is 1. The number of carbonyl (C=O) groups excluding carboxylic acids is 1. The third-order valence-corrected chi connectivity index (χ3v) is 9.65. The summed E-state index contributed by atoms with van der Waals surface area (Å²) in [7, 11) is 0. The number of quaternary nitrogens is 1. The van der Waals surface area contributed by atoms with Gasteiger partial charge in [0.2, 0.25) is 0 Å². The van der Waals surface area contributed by atoms with Gasteiger partial charge in [-0.2, -0.15) is 0 Å². The fourth-order valence-electron chi connectivity index (χ4n) is 7.90. The van der Waals surface area contributed by atoms with Crippen molar-refractivity contribution in [1.82, 2.24) is 0 Å². The molecule has 0 radical (unpaired) electrons. The summed E-state index contributed by atoms with van der Waals surface area (Å²) in [6, 6.07) is 13.8. The second kappa shape index (κ2) is 7.71. The van der Waals surface area contributed by atoms with Gasteiger partial charge in [-0.15, -0.1) is 0 Å². The maximum absolute atomic E-state index is 12.9. The molecule has 2 saturated carbocycles. The van der Waals surface area contributed by atoms with Crippen LogP contribution >= 0.6 is 0 Å². The Morgan fingerprint density at radius 3 is 2.74 bits per heavy atom. The Morgan fingerprint density at radius 1 is 1.11 bits per heavy atom. The third kappa shape index (κ3) is 3.12. The number of hydrogen-bond donors (Lipinski definition) is 3. The number of aliphatic hydroxyl groups is 1. The lowest BCUT2D eigenvalue weighted by atomic mass is 9.48. The second-order valence-corrected chi connectivity index (χ2v) is 11.5. The number of carbonyl (C=O) groups is 1. The molecule has 35 heavy (non-hydrogen) atoms. The van der Waals surface area contributed by atoms with Gasteiger partial charge < -0.3 is 24.6 Å². The number of benzene rings is 2. The van der Waals surface area contributed by atoms with E-state index in [1.807, 2.05) is 36.4 Å². The Kier molecular flexibility index (Phi) is 4.78. The number of aromatic hydroxyl groups is 1. The molecule has 1 unspecified atom stereocenters. The SMILES string of the molecule is O=C(CCc1ccccc1)O[C@H]1CC[C@@]2(O)[C@H]3Cc4ccc(O)c5c4[C@@]2(CC[NH+]3CC2CC2)[C@H]1O5. The molecule has 3 fully saturated rings. The van der Waals surface area contributed by atoms with Gasteiger partial charge >= 0.3 is 5.97 Å². The van der Waals surface area contributed by atoms with E-state index in [9.17, 15) is 15.0 Å². The second-order valence-electron chi connectivity index (χ2n) is 11.5. The molecule has 1 saturated heterocycles. The highest BCUT2D eigenvalue weighted by molar-refractivity contribution is 5.70. The number of aryl methyl sites for hydroxylation is 1. The van der Waals surface area contributed by atoms with Crippen molar-refractivity contribution >= 4 is 5.97 Å². The summed E-state index contributed by atoms with van der Waals surface area (Å²) in [6.45, 7) is 2.11. The molecule has 3 N–H and O–H groups in total. The van der Waals surface area contributed by atoms with Crippen molar-refractivity contribution in [2.45, 2.75) is 80.6 Å². The molecule has 2 aromatic carbocycles. The van der Waals surface area contributed by atoms with E-state index in [0.29, 0.717) is 31.4 Å². The normalized spacial score (nSPS) is 36.3. The van der Waals surface area contributed by atoms with E-state index in [-0.39, 0.29) is 17.8 Å². The predicted octanol–water partition coefficient (Wildman–Crippen LogP) is 2.08. The first kappa shape index (κ1) is 21.7. The summed E-state index contributed by atoms with van der Waals surface area (Å²) in [5, 5.41) is 23.2. The lowest BCUT2D eigenvalue weighted by molar-refractivity contribution is -0.944. The monoisotopic (exact) mass is 476 g/mol. The molecular weight excluding hydrogens is 442 g/mol. The highest BCUT2D eigenvalue weighted by Crippen LogP contribution is 2.64. The summed E-state index contributed by atoms with van der Waals surface area (Å²) in [4.78, 5) is 14.4. The van der Waals surface area contributed by atoms with E-state index in [4.69, 9.17) is 9.47 Å². The van der Waals surface area contributed by atoms with Crippen LogP contribution in [0.25, 0.3) is 0 Å². The van der Waals surface area contributed by atoms with Crippen LogP contribution in [0.3, 0.4) is 0 Å². The van der Waals surface area contributed by atoms with Crippen LogP contribution in [-0.2, 0) is 27.8 Å². The summed E-state index contributed by atoms with van der Waals surface area (Å²) < 4.78 is 12.6. The minimum Gasteiger partial charge on any atom is -0.504 e. The molecule has 2 bridgehead atoms. The smallest absolute Gasteiger partial charge is 0.306 e. The molecule has 0 aromatic heterocycles. The van der Waals surface area contributed by atoms with Crippen LogP contribution in [-0.4, -0.2) is 53.1 Å². The number of esters is 1. The van der Waals surface area contributed by atoms with Gasteiger partial charge in [0.1, 0.15) is 23.9 Å². The van der Waals surface area contributed by atoms with Gasteiger partial charge in [-0.25, -0.2) is 0 Å². The Hall–Kier alpha value is -2.57. The first-order valence-corrected chi connectivity index (χ1v) is 13.3. The average molecular weight is 477 g/mol. The molecule has 184 valence electrons. The average Bonchev–Trinajstić information content (AvgIpc) is 3.60. The maximum atomic E-state index is 12.9. The van der Waals surface area contributed by atoms with Crippen molar-refractivity contribution in [3.8, 4) is 11.5 Å². The van der Waals surface area contributed by atoms with Gasteiger partial charge in [0.25, 0.3) is 0 Å². The Bertz CT molecular complexity index is 1160. The lowest BCUT2D eigenvalue weighted by Crippen LogP contribution is -3.21. The minimum absolute atomic E-state index is 0.112. The maximum Gasteiger partial charge on any atom is 0.306 e. The van der Waals surface area contributed by atoms with Gasteiger partial charge in [0.15, 0.2) is 11.5 Å². The number of ether oxygens (including phenoxy) is 2. The van der Waals surface area contributed by atoms with Gasteiger partial charge in [-0.05, 0) is 49.3 Å². The van der Waals surface area contributed by atoms with E-state index in [0.717, 1.165) is 43.0 Å². The number of phenolic OH excluding ortho intramolecular Hbond substituents is 1. The third-order valence-electron chi connectivity index (χ3n) is 9.65. The number of rotatable bonds is 6. The zero-order chi connectivity index (χ0) is 23.8. The van der Waals surface area contributed by atoms with Crippen LogP contribution < -0.4 is 9.64 Å². The van der Waals surface area contributed by atoms with Crippen molar-refractivity contribution in [2.75, 3.05) is 13.1 Å². The molecule has 6 atom stereocenters. The molecule has 1 spiro atoms. The first-order chi connectivity index (χ1) is 17.0. The van der Waals surface area contributed by atoms with Crippen LogP contribution in [0.5, 0.6) is 11.5 Å². The highest BCUT2D eigenvalue weighted by Gasteiger charge is 2.75. The fourth-order valence-corrected chi connectivity index (χ4v) is 7.90. The van der Waals surface area contributed by atoms with Crippen LogP contribution in [0.4, 0.5) is 0 Å². The molecule has 2 aliphatic heterocycles. The molecule has 2 aromatic rings. The molecule has 6 nitrogen and oxygen atoms in total.